The van der Waals surface area contributed by atoms with Gasteiger partial charge in [-0.3, -0.25) is 4.55 Å². The van der Waals surface area contributed by atoms with Crippen LogP contribution in [-0.4, -0.2) is 58.3 Å². The highest BCUT2D eigenvalue weighted by Gasteiger charge is 2.49. The summed E-state index contributed by atoms with van der Waals surface area (Å²) in [4.78, 5) is 13.8. The Morgan fingerprint density at radius 1 is 1.25 bits per heavy atom. The Kier molecular flexibility index (Phi) is 3.71. The van der Waals surface area contributed by atoms with Gasteiger partial charge >= 0.3 is 16.4 Å². The van der Waals surface area contributed by atoms with Crippen LogP contribution in [-0.2, 0) is 14.7 Å². The van der Waals surface area contributed by atoms with Crippen molar-refractivity contribution in [2.75, 3.05) is 13.1 Å². The summed E-state index contributed by atoms with van der Waals surface area (Å²) in [5.41, 5.74) is 0. The fraction of sp³-hybridized carbons (Fsp3) is 0.750. The molecule has 0 unspecified atom stereocenters. The summed E-state index contributed by atoms with van der Waals surface area (Å²) in [6, 6.07) is -1.46. The molecule has 0 saturated carbocycles. The molecule has 4 rings (SSSR count). The van der Waals surface area contributed by atoms with Gasteiger partial charge in [0, 0.05) is 6.54 Å². The molecule has 2 bridgehead atoms. The third-order valence-corrected chi connectivity index (χ3v) is 4.95. The lowest BCUT2D eigenvalue weighted by Crippen LogP contribution is -2.35. The van der Waals surface area contributed by atoms with Crippen molar-refractivity contribution < 1.29 is 26.5 Å². The standard InChI is InChI=1S/C12H17N5O6S/c18-12-16-6-7(17(12)23-24(19,20)21)3-4-9(16)11-15-14-10(22-11)8-2-1-5-13-8/h7-9,13H,1-6H2,(H,19,20,21)/t7-,8-,9-/m0/s1. The molecular weight excluding hydrogens is 342 g/mol. The van der Waals surface area contributed by atoms with Gasteiger partial charge in [-0.1, -0.05) is 0 Å². The van der Waals surface area contributed by atoms with Crippen LogP contribution in [0.5, 0.6) is 0 Å². The molecule has 1 aromatic rings. The molecule has 3 aliphatic heterocycles. The molecule has 0 aromatic carbocycles. The Hall–Kier alpha value is -1.76. The highest BCUT2D eigenvalue weighted by Crippen LogP contribution is 2.38. The number of hydrogen-bond acceptors (Lipinski definition) is 8. The van der Waals surface area contributed by atoms with E-state index >= 15 is 0 Å². The number of nitrogens with one attached hydrogen (secondary N) is 1. The van der Waals surface area contributed by atoms with Crippen molar-refractivity contribution in [3.63, 3.8) is 0 Å². The Labute approximate surface area is 137 Å². The van der Waals surface area contributed by atoms with Gasteiger partial charge in [0.15, 0.2) is 0 Å². The average Bonchev–Trinajstić information content (AvgIpc) is 3.24. The van der Waals surface area contributed by atoms with Crippen molar-refractivity contribution in [1.29, 1.82) is 0 Å². The minimum Gasteiger partial charge on any atom is -0.421 e. The maximum atomic E-state index is 12.4. The summed E-state index contributed by atoms with van der Waals surface area (Å²) in [5, 5.41) is 12.1. The maximum absolute atomic E-state index is 12.4. The summed E-state index contributed by atoms with van der Waals surface area (Å²) in [7, 11) is -4.75. The molecule has 24 heavy (non-hydrogen) atoms. The number of nitrogens with zero attached hydrogens (tertiary/aromatic N) is 4. The second-order valence-electron chi connectivity index (χ2n) is 6.14. The zero-order valence-electron chi connectivity index (χ0n) is 12.7. The molecule has 0 aliphatic carbocycles. The monoisotopic (exact) mass is 359 g/mol. The van der Waals surface area contributed by atoms with Crippen LogP contribution in [0.2, 0.25) is 0 Å². The molecule has 3 aliphatic rings. The highest BCUT2D eigenvalue weighted by atomic mass is 32.3. The fourth-order valence-electron chi connectivity index (χ4n) is 3.51. The van der Waals surface area contributed by atoms with E-state index in [0.717, 1.165) is 19.4 Å². The van der Waals surface area contributed by atoms with Crippen LogP contribution >= 0.6 is 0 Å². The maximum Gasteiger partial charge on any atom is 0.418 e. The number of rotatable bonds is 4. The lowest BCUT2D eigenvalue weighted by Gasteiger charge is -2.27. The molecule has 0 radical (unpaired) electrons. The number of aromatic nitrogens is 2. The molecule has 2 N–H and O–H groups in total. The molecule has 12 heteroatoms. The van der Waals surface area contributed by atoms with Gasteiger partial charge in [-0.05, 0) is 32.2 Å². The van der Waals surface area contributed by atoms with Crippen LogP contribution in [0.1, 0.15) is 49.5 Å². The predicted molar refractivity (Wildman–Crippen MR) is 76.6 cm³/mol. The van der Waals surface area contributed by atoms with Crippen molar-refractivity contribution in [3.05, 3.63) is 11.8 Å². The topological polar surface area (TPSA) is 138 Å². The van der Waals surface area contributed by atoms with Crippen LogP contribution < -0.4 is 5.32 Å². The zero-order valence-corrected chi connectivity index (χ0v) is 13.5. The van der Waals surface area contributed by atoms with Gasteiger partial charge in [-0.25, -0.2) is 4.79 Å². The van der Waals surface area contributed by atoms with Crippen LogP contribution in [0.15, 0.2) is 4.42 Å². The van der Waals surface area contributed by atoms with Gasteiger partial charge < -0.3 is 14.6 Å². The number of carbonyl (C=O) groups excluding carboxylic acids is 1. The number of fused-ring (bicyclic) bond motifs is 2. The molecule has 1 aromatic heterocycles. The predicted octanol–water partition coefficient (Wildman–Crippen LogP) is 0.170. The first-order valence-electron chi connectivity index (χ1n) is 7.76. The Morgan fingerprint density at radius 2 is 2.04 bits per heavy atom. The van der Waals surface area contributed by atoms with Crippen LogP contribution in [0.4, 0.5) is 4.79 Å². The second kappa shape index (κ2) is 5.65. The van der Waals surface area contributed by atoms with Gasteiger partial charge in [0.25, 0.3) is 0 Å². The minimum absolute atomic E-state index is 0.0382. The van der Waals surface area contributed by atoms with Gasteiger partial charge in [0.05, 0.1) is 12.1 Å². The summed E-state index contributed by atoms with van der Waals surface area (Å²) >= 11 is 0. The Balaban J connectivity index is 1.53. The van der Waals surface area contributed by atoms with Crippen LogP contribution in [0.3, 0.4) is 0 Å². The summed E-state index contributed by atoms with van der Waals surface area (Å²) in [5.74, 6) is 0.835. The first-order chi connectivity index (χ1) is 11.4. The van der Waals surface area contributed by atoms with E-state index < -0.39 is 28.5 Å². The van der Waals surface area contributed by atoms with E-state index in [0.29, 0.717) is 29.7 Å². The molecule has 11 nitrogen and oxygen atoms in total. The summed E-state index contributed by atoms with van der Waals surface area (Å²) in [6.07, 6.45) is 3.01. The van der Waals surface area contributed by atoms with E-state index in [1.807, 2.05) is 0 Å². The number of piperidine rings is 1. The zero-order chi connectivity index (χ0) is 16.9. The average molecular weight is 359 g/mol. The van der Waals surface area contributed by atoms with Crippen molar-refractivity contribution in [3.8, 4) is 0 Å². The van der Waals surface area contributed by atoms with Crippen molar-refractivity contribution >= 4 is 16.4 Å². The van der Waals surface area contributed by atoms with Crippen LogP contribution in [0, 0.1) is 0 Å². The van der Waals surface area contributed by atoms with E-state index in [9.17, 15) is 13.2 Å². The van der Waals surface area contributed by atoms with Gasteiger partial charge in [0.1, 0.15) is 6.04 Å². The van der Waals surface area contributed by atoms with Crippen molar-refractivity contribution in [2.45, 2.75) is 43.8 Å². The highest BCUT2D eigenvalue weighted by molar-refractivity contribution is 7.80. The second-order valence-corrected chi connectivity index (χ2v) is 7.14. The molecule has 4 heterocycles. The molecule has 3 atom stereocenters. The number of amides is 2. The molecule has 132 valence electrons. The molecule has 0 spiro atoms. The largest absolute Gasteiger partial charge is 0.421 e. The van der Waals surface area contributed by atoms with E-state index in [4.69, 9.17) is 8.97 Å². The lowest BCUT2D eigenvalue weighted by molar-refractivity contribution is -0.0317. The lowest BCUT2D eigenvalue weighted by atomic mass is 10.0. The first kappa shape index (κ1) is 15.7. The van der Waals surface area contributed by atoms with Gasteiger partial charge in [0.2, 0.25) is 11.8 Å². The Morgan fingerprint density at radius 3 is 2.75 bits per heavy atom. The third-order valence-electron chi connectivity index (χ3n) is 4.60. The first-order valence-corrected chi connectivity index (χ1v) is 9.12. The van der Waals surface area contributed by atoms with Gasteiger partial charge in [-0.2, -0.15) is 13.5 Å². The smallest absolute Gasteiger partial charge is 0.418 e. The molecule has 3 fully saturated rings. The summed E-state index contributed by atoms with van der Waals surface area (Å²) in [6.45, 7) is 1.18. The molecule has 3 saturated heterocycles. The number of hydroxylamine groups is 2. The van der Waals surface area contributed by atoms with E-state index in [1.165, 1.54) is 4.90 Å². The molecular formula is C12H17N5O6S. The summed E-state index contributed by atoms with van der Waals surface area (Å²) < 4.78 is 40.7. The fourth-order valence-corrected chi connectivity index (χ4v) is 3.89. The van der Waals surface area contributed by atoms with E-state index in [2.05, 4.69) is 19.8 Å². The number of hydrogen-bond donors (Lipinski definition) is 2. The number of carbonyl (C=O) groups is 1. The SMILES string of the molecule is O=C1N2C[C@H](CC[C@H]2c2nnc([C@@H]3CCCN3)o2)N1OS(=O)(=O)O. The Bertz CT molecular complexity index is 745. The van der Waals surface area contributed by atoms with Crippen molar-refractivity contribution in [2.24, 2.45) is 0 Å². The molecule has 2 amide bonds. The van der Waals surface area contributed by atoms with E-state index in [-0.39, 0.29) is 12.6 Å². The quantitative estimate of drug-likeness (QED) is 0.720. The number of urea groups is 1. The van der Waals surface area contributed by atoms with E-state index in [1.54, 1.807) is 0 Å². The minimum atomic E-state index is -4.75. The third kappa shape index (κ3) is 2.75. The van der Waals surface area contributed by atoms with Crippen LogP contribution in [0.25, 0.3) is 0 Å². The van der Waals surface area contributed by atoms with Gasteiger partial charge in [-0.15, -0.1) is 14.5 Å². The normalized spacial score (nSPS) is 30.4. The van der Waals surface area contributed by atoms with Crippen molar-refractivity contribution in [1.82, 2.24) is 25.5 Å².